The van der Waals surface area contributed by atoms with Crippen molar-refractivity contribution in [1.82, 2.24) is 0 Å². The summed E-state index contributed by atoms with van der Waals surface area (Å²) in [5.41, 5.74) is 8.52. The molecule has 1 unspecified atom stereocenters. The summed E-state index contributed by atoms with van der Waals surface area (Å²) < 4.78 is 0. The van der Waals surface area contributed by atoms with E-state index < -0.39 is 0 Å². The lowest BCUT2D eigenvalue weighted by atomic mass is 9.89. The van der Waals surface area contributed by atoms with Gasteiger partial charge in [-0.1, -0.05) is 23.7 Å². The van der Waals surface area contributed by atoms with Gasteiger partial charge in [-0.15, -0.1) is 11.6 Å². The number of rotatable bonds is 2. The molecule has 0 aliphatic carbocycles. The van der Waals surface area contributed by atoms with E-state index in [1.807, 2.05) is 19.1 Å². The zero-order valence-electron chi connectivity index (χ0n) is 12.6. The predicted molar refractivity (Wildman–Crippen MR) is 89.3 cm³/mol. The van der Waals surface area contributed by atoms with E-state index >= 15 is 0 Å². The Bertz CT molecular complexity index is 610. The molecule has 2 heteroatoms. The Morgan fingerprint density at radius 3 is 1.85 bits per heavy atom. The number of aryl methyl sites for hydroxylation is 3. The van der Waals surface area contributed by atoms with Crippen molar-refractivity contribution in [1.29, 1.82) is 0 Å². The number of alkyl halides is 1. The van der Waals surface area contributed by atoms with Gasteiger partial charge < -0.3 is 0 Å². The Labute approximate surface area is 131 Å². The van der Waals surface area contributed by atoms with Gasteiger partial charge in [-0.25, -0.2) is 0 Å². The third kappa shape index (κ3) is 2.87. The highest BCUT2D eigenvalue weighted by Gasteiger charge is 2.19. The summed E-state index contributed by atoms with van der Waals surface area (Å²) in [4.78, 5) is 0. The summed E-state index contributed by atoms with van der Waals surface area (Å²) in [6.07, 6.45) is 0. The summed E-state index contributed by atoms with van der Waals surface area (Å²) >= 11 is 12.9. The van der Waals surface area contributed by atoms with Gasteiger partial charge in [0, 0.05) is 5.02 Å². The van der Waals surface area contributed by atoms with Gasteiger partial charge in [0.15, 0.2) is 0 Å². The summed E-state index contributed by atoms with van der Waals surface area (Å²) in [5, 5.41) is 0.580. The van der Waals surface area contributed by atoms with Crippen molar-refractivity contribution in [3.63, 3.8) is 0 Å². The Kier molecular flexibility index (Phi) is 4.46. The second-order valence-electron chi connectivity index (χ2n) is 5.60. The van der Waals surface area contributed by atoms with E-state index in [0.29, 0.717) is 0 Å². The first kappa shape index (κ1) is 15.4. The zero-order valence-corrected chi connectivity index (χ0v) is 14.2. The maximum atomic E-state index is 6.77. The molecule has 0 aliphatic rings. The van der Waals surface area contributed by atoms with E-state index in [4.69, 9.17) is 23.2 Å². The molecule has 0 spiro atoms. The third-order valence-corrected chi connectivity index (χ3v) is 4.72. The van der Waals surface area contributed by atoms with Crippen LogP contribution < -0.4 is 0 Å². The molecule has 106 valence electrons. The van der Waals surface area contributed by atoms with Crippen LogP contribution >= 0.6 is 23.2 Å². The third-order valence-electron chi connectivity index (χ3n) is 4.03. The molecule has 0 saturated heterocycles. The SMILES string of the molecule is Cc1cc(Cl)cc(C(Cl)c2c(C)c(C)cc(C)c2C)c1. The van der Waals surface area contributed by atoms with Crippen molar-refractivity contribution in [2.24, 2.45) is 0 Å². The Hall–Kier alpha value is -0.980. The van der Waals surface area contributed by atoms with Gasteiger partial charge in [-0.3, -0.25) is 0 Å². The Morgan fingerprint density at radius 1 is 0.800 bits per heavy atom. The smallest absolute Gasteiger partial charge is 0.0841 e. The Balaban J connectivity index is 2.61. The summed E-state index contributed by atoms with van der Waals surface area (Å²) in [5.74, 6) is 0. The first-order valence-corrected chi connectivity index (χ1v) is 7.61. The van der Waals surface area contributed by atoms with Crippen LogP contribution in [0.1, 0.15) is 44.3 Å². The monoisotopic (exact) mass is 306 g/mol. The number of hydrogen-bond acceptors (Lipinski definition) is 0. The average Bonchev–Trinajstić information content (AvgIpc) is 2.35. The molecule has 2 aromatic rings. The number of halogens is 2. The van der Waals surface area contributed by atoms with E-state index in [-0.39, 0.29) is 5.38 Å². The molecule has 0 heterocycles. The van der Waals surface area contributed by atoms with Gasteiger partial charge in [0.25, 0.3) is 0 Å². The topological polar surface area (TPSA) is 0 Å². The van der Waals surface area contributed by atoms with Crippen LogP contribution in [0.5, 0.6) is 0 Å². The van der Waals surface area contributed by atoms with E-state index in [0.717, 1.165) is 16.1 Å². The van der Waals surface area contributed by atoms with Crippen LogP contribution in [0.3, 0.4) is 0 Å². The van der Waals surface area contributed by atoms with Crippen LogP contribution in [0.2, 0.25) is 5.02 Å². The summed E-state index contributed by atoms with van der Waals surface area (Å²) in [6.45, 7) is 10.6. The number of benzene rings is 2. The molecular weight excluding hydrogens is 287 g/mol. The zero-order chi connectivity index (χ0) is 15.0. The molecule has 0 aliphatic heterocycles. The predicted octanol–water partition coefficient (Wildman–Crippen LogP) is 6.21. The highest BCUT2D eigenvalue weighted by molar-refractivity contribution is 6.31. The minimum Gasteiger partial charge on any atom is -0.113 e. The molecule has 1 atom stereocenters. The lowest BCUT2D eigenvalue weighted by Crippen LogP contribution is -2.03. The molecule has 0 nitrogen and oxygen atoms in total. The first-order chi connectivity index (χ1) is 9.31. The van der Waals surface area contributed by atoms with Crippen LogP contribution in [0.4, 0.5) is 0 Å². The van der Waals surface area contributed by atoms with Gasteiger partial charge in [0.2, 0.25) is 0 Å². The molecular formula is C18H20Cl2. The molecule has 0 N–H and O–H groups in total. The number of hydrogen-bond donors (Lipinski definition) is 0. The quantitative estimate of drug-likeness (QED) is 0.579. The van der Waals surface area contributed by atoms with E-state index in [1.165, 1.54) is 27.8 Å². The molecule has 0 bridgehead atoms. The lowest BCUT2D eigenvalue weighted by molar-refractivity contribution is 1.05. The Morgan fingerprint density at radius 2 is 1.35 bits per heavy atom. The molecule has 0 saturated carbocycles. The molecule has 0 radical (unpaired) electrons. The van der Waals surface area contributed by atoms with Gasteiger partial charge in [0.1, 0.15) is 0 Å². The largest absolute Gasteiger partial charge is 0.113 e. The second-order valence-corrected chi connectivity index (χ2v) is 6.47. The fourth-order valence-corrected chi connectivity index (χ4v) is 3.46. The van der Waals surface area contributed by atoms with Gasteiger partial charge in [0.05, 0.1) is 5.38 Å². The second kappa shape index (κ2) is 5.79. The van der Waals surface area contributed by atoms with Crippen LogP contribution in [0, 0.1) is 34.6 Å². The van der Waals surface area contributed by atoms with Gasteiger partial charge >= 0.3 is 0 Å². The first-order valence-electron chi connectivity index (χ1n) is 6.79. The van der Waals surface area contributed by atoms with Gasteiger partial charge in [-0.2, -0.15) is 0 Å². The van der Waals surface area contributed by atoms with Crippen LogP contribution in [-0.2, 0) is 0 Å². The fraction of sp³-hybridized carbons (Fsp3) is 0.333. The van der Waals surface area contributed by atoms with Crippen molar-refractivity contribution in [3.05, 3.63) is 68.2 Å². The van der Waals surface area contributed by atoms with E-state index in [2.05, 4.69) is 39.8 Å². The van der Waals surface area contributed by atoms with Crippen molar-refractivity contribution in [3.8, 4) is 0 Å². The van der Waals surface area contributed by atoms with Crippen LogP contribution in [-0.4, -0.2) is 0 Å². The van der Waals surface area contributed by atoms with Crippen molar-refractivity contribution >= 4 is 23.2 Å². The normalized spacial score (nSPS) is 12.6. The van der Waals surface area contributed by atoms with Crippen molar-refractivity contribution in [2.75, 3.05) is 0 Å². The lowest BCUT2D eigenvalue weighted by Gasteiger charge is -2.20. The highest BCUT2D eigenvalue weighted by atomic mass is 35.5. The average molecular weight is 307 g/mol. The van der Waals surface area contributed by atoms with Gasteiger partial charge in [-0.05, 0) is 85.7 Å². The molecule has 20 heavy (non-hydrogen) atoms. The standard InChI is InChI=1S/C18H20Cl2/c1-10-6-15(9-16(19)7-10)18(20)17-13(4)11(2)8-12(3)14(17)5/h6-9,18H,1-5H3. The molecule has 0 amide bonds. The van der Waals surface area contributed by atoms with Crippen molar-refractivity contribution < 1.29 is 0 Å². The van der Waals surface area contributed by atoms with Crippen LogP contribution in [0.15, 0.2) is 24.3 Å². The minimum absolute atomic E-state index is 0.161. The molecule has 0 aromatic heterocycles. The van der Waals surface area contributed by atoms with E-state index in [9.17, 15) is 0 Å². The maximum absolute atomic E-state index is 6.77. The highest BCUT2D eigenvalue weighted by Crippen LogP contribution is 2.37. The molecule has 2 aromatic carbocycles. The minimum atomic E-state index is -0.161. The van der Waals surface area contributed by atoms with E-state index in [1.54, 1.807) is 0 Å². The summed E-state index contributed by atoms with van der Waals surface area (Å²) in [7, 11) is 0. The molecule has 2 rings (SSSR count). The van der Waals surface area contributed by atoms with Crippen molar-refractivity contribution in [2.45, 2.75) is 40.0 Å². The fourth-order valence-electron chi connectivity index (χ4n) is 2.71. The maximum Gasteiger partial charge on any atom is 0.0841 e. The molecule has 0 fully saturated rings. The van der Waals surface area contributed by atoms with Crippen LogP contribution in [0.25, 0.3) is 0 Å². The summed E-state index contributed by atoms with van der Waals surface area (Å²) in [6, 6.07) is 8.25.